The minimum Gasteiger partial charge on any atom is -0.408 e. The van der Waals surface area contributed by atoms with E-state index in [2.05, 4.69) is 11.9 Å². The summed E-state index contributed by atoms with van der Waals surface area (Å²) in [7, 11) is 0. The van der Waals surface area contributed by atoms with Gasteiger partial charge in [0.25, 0.3) is 5.91 Å². The van der Waals surface area contributed by atoms with Crippen molar-refractivity contribution in [2.24, 2.45) is 5.92 Å². The first-order valence-electron chi connectivity index (χ1n) is 6.55. The quantitative estimate of drug-likeness (QED) is 0.850. The van der Waals surface area contributed by atoms with E-state index >= 15 is 0 Å². The Morgan fingerprint density at radius 3 is 2.90 bits per heavy atom. The van der Waals surface area contributed by atoms with Gasteiger partial charge in [-0.2, -0.15) is 0 Å². The third kappa shape index (κ3) is 2.82. The summed E-state index contributed by atoms with van der Waals surface area (Å²) < 4.78 is 6.56. The maximum Gasteiger partial charge on any atom is 0.420 e. The van der Waals surface area contributed by atoms with Crippen LogP contribution in [-0.2, 0) is 6.54 Å². The van der Waals surface area contributed by atoms with Gasteiger partial charge in [0.15, 0.2) is 5.58 Å². The minimum atomic E-state index is -0.445. The van der Waals surface area contributed by atoms with E-state index in [-0.39, 0.29) is 5.91 Å². The molecule has 1 aromatic carbocycles. The molecule has 106 valence electrons. The number of hydrogen-bond donors (Lipinski definition) is 1. The maximum absolute atomic E-state index is 12.0. The van der Waals surface area contributed by atoms with Gasteiger partial charge in [-0.05, 0) is 24.1 Å². The Hall–Kier alpha value is -2.30. The predicted octanol–water partition coefficient (Wildman–Crippen LogP) is 2.17. The van der Waals surface area contributed by atoms with Gasteiger partial charge >= 0.3 is 5.76 Å². The smallest absolute Gasteiger partial charge is 0.408 e. The fourth-order valence-electron chi connectivity index (χ4n) is 1.90. The Morgan fingerprint density at radius 1 is 1.50 bits per heavy atom. The van der Waals surface area contributed by atoms with Crippen LogP contribution in [0, 0.1) is 5.92 Å². The number of carbonyl (C=O) groups is 1. The van der Waals surface area contributed by atoms with Crippen LogP contribution in [0.5, 0.6) is 0 Å². The molecule has 5 nitrogen and oxygen atoms in total. The molecular weight excluding hydrogens is 256 g/mol. The SMILES string of the molecule is C=CCn1c(=O)oc2ccc(C(=O)NCC(C)C)cc21. The van der Waals surface area contributed by atoms with Crippen LogP contribution in [0.15, 0.2) is 40.1 Å². The average Bonchev–Trinajstić information content (AvgIpc) is 2.72. The summed E-state index contributed by atoms with van der Waals surface area (Å²) in [6, 6.07) is 4.96. The lowest BCUT2D eigenvalue weighted by Crippen LogP contribution is -2.27. The van der Waals surface area contributed by atoms with Crippen LogP contribution >= 0.6 is 0 Å². The first-order chi connectivity index (χ1) is 9.52. The number of rotatable bonds is 5. The van der Waals surface area contributed by atoms with Gasteiger partial charge in [0, 0.05) is 18.7 Å². The molecule has 0 aliphatic carbocycles. The number of oxazole rings is 1. The number of benzene rings is 1. The highest BCUT2D eigenvalue weighted by molar-refractivity contribution is 5.97. The van der Waals surface area contributed by atoms with Crippen molar-refractivity contribution >= 4 is 17.0 Å². The molecule has 0 saturated carbocycles. The standard InChI is InChI=1S/C15H18N2O3/c1-4-7-17-12-8-11(14(18)16-9-10(2)3)5-6-13(12)20-15(17)19/h4-6,8,10H,1,7,9H2,2-3H3,(H,16,18). The van der Waals surface area contributed by atoms with Gasteiger partial charge in [0.1, 0.15) is 0 Å². The molecule has 0 saturated heterocycles. The number of aromatic nitrogens is 1. The van der Waals surface area contributed by atoms with E-state index in [1.54, 1.807) is 24.3 Å². The monoisotopic (exact) mass is 274 g/mol. The highest BCUT2D eigenvalue weighted by atomic mass is 16.4. The van der Waals surface area contributed by atoms with Crippen LogP contribution in [0.3, 0.4) is 0 Å². The number of carbonyl (C=O) groups excluding carboxylic acids is 1. The van der Waals surface area contributed by atoms with Crippen molar-refractivity contribution in [3.05, 3.63) is 47.0 Å². The van der Waals surface area contributed by atoms with Crippen LogP contribution in [0.2, 0.25) is 0 Å². The molecule has 0 spiro atoms. The van der Waals surface area contributed by atoms with E-state index in [9.17, 15) is 9.59 Å². The molecule has 0 aliphatic rings. The first-order valence-corrected chi connectivity index (χ1v) is 6.55. The van der Waals surface area contributed by atoms with E-state index < -0.39 is 5.76 Å². The zero-order valence-electron chi connectivity index (χ0n) is 11.7. The molecule has 1 amide bonds. The highest BCUT2D eigenvalue weighted by Crippen LogP contribution is 2.15. The number of nitrogens with zero attached hydrogens (tertiary/aromatic N) is 1. The van der Waals surface area contributed by atoms with Crippen molar-refractivity contribution in [3.8, 4) is 0 Å². The summed E-state index contributed by atoms with van der Waals surface area (Å²) in [6.07, 6.45) is 1.61. The van der Waals surface area contributed by atoms with Crippen LogP contribution in [-0.4, -0.2) is 17.0 Å². The number of nitrogens with one attached hydrogen (secondary N) is 1. The molecule has 20 heavy (non-hydrogen) atoms. The Kier molecular flexibility index (Phi) is 4.08. The van der Waals surface area contributed by atoms with Gasteiger partial charge in [-0.25, -0.2) is 4.79 Å². The van der Waals surface area contributed by atoms with Crippen molar-refractivity contribution in [2.75, 3.05) is 6.54 Å². The number of fused-ring (bicyclic) bond motifs is 1. The third-order valence-corrected chi connectivity index (χ3v) is 2.91. The van der Waals surface area contributed by atoms with Gasteiger partial charge < -0.3 is 9.73 Å². The van der Waals surface area contributed by atoms with Gasteiger partial charge in [0.05, 0.1) is 5.52 Å². The molecule has 2 rings (SSSR count). The van der Waals surface area contributed by atoms with Crippen LogP contribution in [0.4, 0.5) is 0 Å². The molecule has 1 N–H and O–H groups in total. The first kappa shape index (κ1) is 14.1. The maximum atomic E-state index is 12.0. The van der Waals surface area contributed by atoms with E-state index in [0.29, 0.717) is 35.7 Å². The number of amides is 1. The lowest BCUT2D eigenvalue weighted by molar-refractivity contribution is 0.0949. The molecule has 2 aromatic rings. The topological polar surface area (TPSA) is 64.2 Å². The molecule has 0 bridgehead atoms. The molecule has 0 aliphatic heterocycles. The van der Waals surface area contributed by atoms with E-state index in [1.807, 2.05) is 13.8 Å². The van der Waals surface area contributed by atoms with Gasteiger partial charge in [-0.1, -0.05) is 19.9 Å². The minimum absolute atomic E-state index is 0.153. The normalized spacial score (nSPS) is 10.9. The van der Waals surface area contributed by atoms with Gasteiger partial charge in [0.2, 0.25) is 0 Å². The second kappa shape index (κ2) is 5.77. The second-order valence-corrected chi connectivity index (χ2v) is 5.05. The molecule has 0 unspecified atom stereocenters. The van der Waals surface area contributed by atoms with E-state index in [4.69, 9.17) is 4.42 Å². The summed E-state index contributed by atoms with van der Waals surface area (Å²) in [6.45, 7) is 8.63. The Balaban J connectivity index is 2.37. The van der Waals surface area contributed by atoms with Crippen molar-refractivity contribution in [2.45, 2.75) is 20.4 Å². The van der Waals surface area contributed by atoms with E-state index in [1.165, 1.54) is 4.57 Å². The van der Waals surface area contributed by atoms with Gasteiger partial charge in [-0.3, -0.25) is 9.36 Å². The summed E-state index contributed by atoms with van der Waals surface area (Å²) >= 11 is 0. The molecule has 0 atom stereocenters. The van der Waals surface area contributed by atoms with Crippen LogP contribution < -0.4 is 11.1 Å². The number of hydrogen-bond acceptors (Lipinski definition) is 3. The van der Waals surface area contributed by atoms with Gasteiger partial charge in [-0.15, -0.1) is 6.58 Å². The summed E-state index contributed by atoms with van der Waals surface area (Å²) in [4.78, 5) is 23.7. The third-order valence-electron chi connectivity index (χ3n) is 2.91. The van der Waals surface area contributed by atoms with Crippen molar-refractivity contribution in [1.82, 2.24) is 9.88 Å². The molecule has 0 fully saturated rings. The average molecular weight is 274 g/mol. The second-order valence-electron chi connectivity index (χ2n) is 5.05. The largest absolute Gasteiger partial charge is 0.420 e. The molecule has 1 heterocycles. The number of allylic oxidation sites excluding steroid dienone is 1. The molecular formula is C15H18N2O3. The molecule has 0 radical (unpaired) electrons. The summed E-state index contributed by atoms with van der Waals surface area (Å²) in [5.74, 6) is -0.213. The van der Waals surface area contributed by atoms with E-state index in [0.717, 1.165) is 0 Å². The highest BCUT2D eigenvalue weighted by Gasteiger charge is 2.12. The zero-order chi connectivity index (χ0) is 14.7. The molecule has 1 aromatic heterocycles. The van der Waals surface area contributed by atoms with Crippen LogP contribution in [0.25, 0.3) is 11.1 Å². The zero-order valence-corrected chi connectivity index (χ0v) is 11.7. The van der Waals surface area contributed by atoms with Crippen molar-refractivity contribution in [3.63, 3.8) is 0 Å². The summed E-state index contributed by atoms with van der Waals surface area (Å²) in [5.41, 5.74) is 1.58. The lowest BCUT2D eigenvalue weighted by atomic mass is 10.1. The Morgan fingerprint density at radius 2 is 2.25 bits per heavy atom. The Bertz CT molecular complexity index is 695. The fourth-order valence-corrected chi connectivity index (χ4v) is 1.90. The molecule has 5 heteroatoms. The van der Waals surface area contributed by atoms with Crippen LogP contribution in [0.1, 0.15) is 24.2 Å². The van der Waals surface area contributed by atoms with Crippen molar-refractivity contribution in [1.29, 1.82) is 0 Å². The predicted molar refractivity (Wildman–Crippen MR) is 77.8 cm³/mol. The fraction of sp³-hybridized carbons (Fsp3) is 0.333. The summed E-state index contributed by atoms with van der Waals surface area (Å²) in [5, 5.41) is 2.84. The lowest BCUT2D eigenvalue weighted by Gasteiger charge is -2.07. The Labute approximate surface area is 116 Å². The van der Waals surface area contributed by atoms with Crippen molar-refractivity contribution < 1.29 is 9.21 Å².